The lowest BCUT2D eigenvalue weighted by atomic mass is 10.3. The van der Waals surface area contributed by atoms with Gasteiger partial charge in [-0.3, -0.25) is 0 Å². The van der Waals surface area contributed by atoms with Crippen molar-refractivity contribution in [2.45, 2.75) is 37.1 Å². The van der Waals surface area contributed by atoms with Gasteiger partial charge in [-0.15, -0.1) is 0 Å². The third kappa shape index (κ3) is 3.62. The topological polar surface area (TPSA) is 51.8 Å². The van der Waals surface area contributed by atoms with Gasteiger partial charge in [-0.2, -0.15) is 4.37 Å². The SMILES string of the molecule is CCc1nsc(SCC(N)CC)n1. The van der Waals surface area contributed by atoms with E-state index in [9.17, 15) is 0 Å². The molecule has 1 heterocycles. The number of hydrogen-bond acceptors (Lipinski definition) is 5. The molecule has 0 spiro atoms. The van der Waals surface area contributed by atoms with Crippen LogP contribution in [-0.2, 0) is 6.42 Å². The fourth-order valence-corrected chi connectivity index (χ4v) is 2.52. The highest BCUT2D eigenvalue weighted by molar-refractivity contribution is 8.00. The molecule has 0 aliphatic rings. The fraction of sp³-hybridized carbons (Fsp3) is 0.750. The summed E-state index contributed by atoms with van der Waals surface area (Å²) in [6, 6.07) is 0.277. The van der Waals surface area contributed by atoms with E-state index in [4.69, 9.17) is 5.73 Å². The van der Waals surface area contributed by atoms with Crippen molar-refractivity contribution < 1.29 is 0 Å². The van der Waals surface area contributed by atoms with Crippen molar-refractivity contribution in [3.05, 3.63) is 5.82 Å². The molecule has 0 amide bonds. The Kier molecular flexibility index (Phi) is 4.69. The molecule has 74 valence electrons. The van der Waals surface area contributed by atoms with Gasteiger partial charge in [-0.1, -0.05) is 25.6 Å². The first-order chi connectivity index (χ1) is 6.26. The number of aryl methyl sites for hydroxylation is 1. The Morgan fingerprint density at radius 1 is 1.54 bits per heavy atom. The summed E-state index contributed by atoms with van der Waals surface area (Å²) in [5.41, 5.74) is 5.80. The second-order valence-corrected chi connectivity index (χ2v) is 4.83. The Bertz CT molecular complexity index is 249. The summed E-state index contributed by atoms with van der Waals surface area (Å²) in [5, 5.41) is 0. The zero-order chi connectivity index (χ0) is 9.68. The molecule has 0 fully saturated rings. The molecule has 13 heavy (non-hydrogen) atoms. The highest BCUT2D eigenvalue weighted by Gasteiger charge is 2.05. The van der Waals surface area contributed by atoms with E-state index in [0.717, 1.165) is 28.8 Å². The minimum absolute atomic E-state index is 0.277. The number of nitrogens with zero attached hydrogens (tertiary/aromatic N) is 2. The molecule has 0 radical (unpaired) electrons. The van der Waals surface area contributed by atoms with E-state index >= 15 is 0 Å². The lowest BCUT2D eigenvalue weighted by Crippen LogP contribution is -2.21. The predicted octanol–water partition coefficient (Wildman–Crippen LogP) is 1.93. The Hall–Kier alpha value is -0.130. The molecular weight excluding hydrogens is 202 g/mol. The first-order valence-corrected chi connectivity index (χ1v) is 6.23. The average molecular weight is 217 g/mol. The Morgan fingerprint density at radius 3 is 2.85 bits per heavy atom. The molecule has 1 atom stereocenters. The van der Waals surface area contributed by atoms with E-state index in [1.54, 1.807) is 11.8 Å². The summed E-state index contributed by atoms with van der Waals surface area (Å²) < 4.78 is 5.25. The molecule has 5 heteroatoms. The Labute approximate surface area is 87.3 Å². The molecule has 0 aliphatic carbocycles. The van der Waals surface area contributed by atoms with Crippen LogP contribution in [0.5, 0.6) is 0 Å². The number of rotatable bonds is 5. The zero-order valence-corrected chi connectivity index (χ0v) is 9.62. The zero-order valence-electron chi connectivity index (χ0n) is 7.99. The van der Waals surface area contributed by atoms with Crippen molar-refractivity contribution in [1.29, 1.82) is 0 Å². The third-order valence-electron chi connectivity index (χ3n) is 1.71. The summed E-state index contributed by atoms with van der Waals surface area (Å²) in [6.45, 7) is 4.16. The lowest BCUT2D eigenvalue weighted by molar-refractivity contribution is 0.724. The van der Waals surface area contributed by atoms with Crippen molar-refractivity contribution in [2.75, 3.05) is 5.75 Å². The van der Waals surface area contributed by atoms with Crippen molar-refractivity contribution >= 4 is 23.3 Å². The summed E-state index contributed by atoms with van der Waals surface area (Å²) in [4.78, 5) is 4.35. The lowest BCUT2D eigenvalue weighted by Gasteiger charge is -2.04. The number of nitrogens with two attached hydrogens (primary N) is 1. The Balaban J connectivity index is 2.36. The standard InChI is InChI=1S/C8H15N3S2/c1-3-6(9)5-12-8-10-7(4-2)11-13-8/h6H,3-5,9H2,1-2H3. The smallest absolute Gasteiger partial charge is 0.170 e. The van der Waals surface area contributed by atoms with Gasteiger partial charge in [-0.25, -0.2) is 4.98 Å². The number of hydrogen-bond donors (Lipinski definition) is 1. The molecule has 0 aromatic carbocycles. The van der Waals surface area contributed by atoms with Gasteiger partial charge in [0, 0.05) is 18.2 Å². The normalized spacial score (nSPS) is 13.2. The van der Waals surface area contributed by atoms with Gasteiger partial charge < -0.3 is 5.73 Å². The van der Waals surface area contributed by atoms with Crippen molar-refractivity contribution in [3.8, 4) is 0 Å². The molecule has 1 aromatic heterocycles. The van der Waals surface area contributed by atoms with E-state index in [2.05, 4.69) is 23.2 Å². The van der Waals surface area contributed by atoms with Crippen LogP contribution >= 0.6 is 23.3 Å². The van der Waals surface area contributed by atoms with Gasteiger partial charge in [0.1, 0.15) is 5.82 Å². The highest BCUT2D eigenvalue weighted by Crippen LogP contribution is 2.20. The van der Waals surface area contributed by atoms with Crippen molar-refractivity contribution in [2.24, 2.45) is 5.73 Å². The third-order valence-corrected chi connectivity index (χ3v) is 3.77. The van der Waals surface area contributed by atoms with Crippen molar-refractivity contribution in [1.82, 2.24) is 9.36 Å². The van der Waals surface area contributed by atoms with E-state index in [1.807, 2.05) is 0 Å². The largest absolute Gasteiger partial charge is 0.327 e. The summed E-state index contributed by atoms with van der Waals surface area (Å²) in [7, 11) is 0. The fourth-order valence-electron chi connectivity index (χ4n) is 0.736. The summed E-state index contributed by atoms with van der Waals surface area (Å²) >= 11 is 3.18. The molecule has 1 aromatic rings. The van der Waals surface area contributed by atoms with Crippen LogP contribution in [0.25, 0.3) is 0 Å². The maximum Gasteiger partial charge on any atom is 0.170 e. The van der Waals surface area contributed by atoms with Gasteiger partial charge in [0.25, 0.3) is 0 Å². The molecule has 1 rings (SSSR count). The minimum Gasteiger partial charge on any atom is -0.327 e. The van der Waals surface area contributed by atoms with Gasteiger partial charge in [-0.05, 0) is 18.0 Å². The van der Waals surface area contributed by atoms with E-state index in [0.29, 0.717) is 0 Å². The van der Waals surface area contributed by atoms with Crippen LogP contribution in [0.4, 0.5) is 0 Å². The molecule has 1 unspecified atom stereocenters. The number of aromatic nitrogens is 2. The molecule has 3 nitrogen and oxygen atoms in total. The minimum atomic E-state index is 0.277. The van der Waals surface area contributed by atoms with Crippen LogP contribution in [0.1, 0.15) is 26.1 Å². The van der Waals surface area contributed by atoms with Gasteiger partial charge in [0.05, 0.1) is 0 Å². The van der Waals surface area contributed by atoms with Crippen molar-refractivity contribution in [3.63, 3.8) is 0 Å². The van der Waals surface area contributed by atoms with Crippen LogP contribution in [-0.4, -0.2) is 21.2 Å². The molecule has 0 aliphatic heterocycles. The molecule has 0 saturated carbocycles. The van der Waals surface area contributed by atoms with Crippen LogP contribution < -0.4 is 5.73 Å². The van der Waals surface area contributed by atoms with Crippen LogP contribution in [0, 0.1) is 0 Å². The first-order valence-electron chi connectivity index (χ1n) is 4.47. The average Bonchev–Trinajstić information content (AvgIpc) is 2.61. The van der Waals surface area contributed by atoms with E-state index in [1.165, 1.54) is 11.5 Å². The van der Waals surface area contributed by atoms with Crippen LogP contribution in [0.15, 0.2) is 4.34 Å². The van der Waals surface area contributed by atoms with Gasteiger partial charge in [0.2, 0.25) is 0 Å². The van der Waals surface area contributed by atoms with E-state index < -0.39 is 0 Å². The molecule has 0 bridgehead atoms. The molecular formula is C8H15N3S2. The maximum atomic E-state index is 5.80. The number of thioether (sulfide) groups is 1. The van der Waals surface area contributed by atoms with E-state index in [-0.39, 0.29) is 6.04 Å². The first kappa shape index (κ1) is 10.9. The van der Waals surface area contributed by atoms with Crippen LogP contribution in [0.2, 0.25) is 0 Å². The monoisotopic (exact) mass is 217 g/mol. The molecule has 0 saturated heterocycles. The maximum absolute atomic E-state index is 5.80. The Morgan fingerprint density at radius 2 is 2.31 bits per heavy atom. The van der Waals surface area contributed by atoms with Gasteiger partial charge in [0.15, 0.2) is 4.34 Å². The van der Waals surface area contributed by atoms with Crippen LogP contribution in [0.3, 0.4) is 0 Å². The second kappa shape index (κ2) is 5.57. The molecule has 2 N–H and O–H groups in total. The summed E-state index contributed by atoms with van der Waals surface area (Å²) in [5.74, 6) is 1.88. The quantitative estimate of drug-likeness (QED) is 0.766. The highest BCUT2D eigenvalue weighted by atomic mass is 32.2. The second-order valence-electron chi connectivity index (χ2n) is 2.81. The predicted molar refractivity (Wildman–Crippen MR) is 58.3 cm³/mol. The summed E-state index contributed by atoms with van der Waals surface area (Å²) in [6.07, 6.45) is 1.93. The van der Waals surface area contributed by atoms with Gasteiger partial charge >= 0.3 is 0 Å².